The summed E-state index contributed by atoms with van der Waals surface area (Å²) in [5, 5.41) is 0.618. The lowest BCUT2D eigenvalue weighted by Crippen LogP contribution is -2.36. The van der Waals surface area contributed by atoms with E-state index in [2.05, 4.69) is 25.8 Å². The maximum absolute atomic E-state index is 6.07. The van der Waals surface area contributed by atoms with Gasteiger partial charge in [-0.2, -0.15) is 0 Å². The number of furan rings is 1. The van der Waals surface area contributed by atoms with Crippen LogP contribution in [0.5, 0.6) is 0 Å². The second kappa shape index (κ2) is 6.64. The van der Waals surface area contributed by atoms with Crippen LogP contribution >= 0.6 is 27.5 Å². The Kier molecular flexibility index (Phi) is 4.63. The van der Waals surface area contributed by atoms with Gasteiger partial charge in [-0.05, 0) is 28.1 Å². The maximum atomic E-state index is 6.07. The summed E-state index contributed by atoms with van der Waals surface area (Å²) in [6, 6.07) is 9.35. The molecule has 2 heterocycles. The molecule has 1 aliphatic rings. The Balaban J connectivity index is 1.79. The summed E-state index contributed by atoms with van der Waals surface area (Å²) in [4.78, 5) is 6.51. The van der Waals surface area contributed by atoms with Gasteiger partial charge in [-0.15, -0.1) is 0 Å². The van der Waals surface area contributed by atoms with Crippen LogP contribution in [0.2, 0.25) is 5.02 Å². The molecule has 6 heteroatoms. The van der Waals surface area contributed by atoms with Crippen LogP contribution in [0.3, 0.4) is 0 Å². The number of halogens is 2. The molecule has 0 bridgehead atoms. The summed E-state index contributed by atoms with van der Waals surface area (Å²) in [6.45, 7) is 3.09. The van der Waals surface area contributed by atoms with E-state index in [0.29, 0.717) is 10.8 Å². The normalized spacial score (nSPS) is 15.8. The van der Waals surface area contributed by atoms with Crippen LogP contribution in [0.15, 0.2) is 44.2 Å². The van der Waals surface area contributed by atoms with Gasteiger partial charge in [0.2, 0.25) is 5.88 Å². The molecule has 0 radical (unpaired) electrons. The second-order valence-corrected chi connectivity index (χ2v) is 5.87. The molecule has 0 N–H and O–H groups in total. The lowest BCUT2D eigenvalue weighted by atomic mass is 10.3. The number of rotatable bonds is 3. The molecule has 0 aliphatic carbocycles. The molecule has 3 rings (SSSR count). The Labute approximate surface area is 136 Å². The monoisotopic (exact) mass is 368 g/mol. The number of hydrogen-bond donors (Lipinski definition) is 0. The molecular formula is C15H14BrClN2O2. The number of benzene rings is 1. The van der Waals surface area contributed by atoms with E-state index in [1.165, 1.54) is 0 Å². The molecule has 0 unspecified atom stereocenters. The molecule has 1 fully saturated rings. The van der Waals surface area contributed by atoms with Crippen molar-refractivity contribution in [3.8, 4) is 0 Å². The molecule has 0 atom stereocenters. The van der Waals surface area contributed by atoms with Crippen LogP contribution in [0.1, 0.15) is 5.76 Å². The first-order chi connectivity index (χ1) is 10.2. The molecule has 0 spiro atoms. The van der Waals surface area contributed by atoms with Crippen molar-refractivity contribution in [1.29, 1.82) is 0 Å². The van der Waals surface area contributed by atoms with E-state index < -0.39 is 0 Å². The third-order valence-corrected chi connectivity index (χ3v) is 4.06. The van der Waals surface area contributed by atoms with Crippen molar-refractivity contribution in [3.63, 3.8) is 0 Å². The van der Waals surface area contributed by atoms with Gasteiger partial charge in [0.1, 0.15) is 5.76 Å². The first kappa shape index (κ1) is 14.6. The molecule has 1 aromatic heterocycles. The molecule has 4 nitrogen and oxygen atoms in total. The first-order valence-corrected chi connectivity index (χ1v) is 7.82. The topological polar surface area (TPSA) is 38.0 Å². The summed E-state index contributed by atoms with van der Waals surface area (Å²) >= 11 is 9.60. The van der Waals surface area contributed by atoms with Crippen molar-refractivity contribution >= 4 is 45.3 Å². The lowest BCUT2D eigenvalue weighted by molar-refractivity contribution is 0.120. The van der Waals surface area contributed by atoms with Gasteiger partial charge in [0.15, 0.2) is 0 Å². The fourth-order valence-electron chi connectivity index (χ4n) is 2.11. The fraction of sp³-hybridized carbons (Fsp3) is 0.267. The third kappa shape index (κ3) is 3.48. The van der Waals surface area contributed by atoms with Crippen molar-refractivity contribution in [3.05, 3.63) is 45.6 Å². The Morgan fingerprint density at radius 2 is 2.00 bits per heavy atom. The maximum Gasteiger partial charge on any atom is 0.210 e. The van der Waals surface area contributed by atoms with Crippen LogP contribution in [-0.4, -0.2) is 32.5 Å². The van der Waals surface area contributed by atoms with Gasteiger partial charge in [0.25, 0.3) is 0 Å². The quantitative estimate of drug-likeness (QED) is 0.758. The number of morpholine rings is 1. The average Bonchev–Trinajstić information content (AvgIpc) is 2.88. The average molecular weight is 370 g/mol. The van der Waals surface area contributed by atoms with E-state index in [1.54, 1.807) is 6.21 Å². The molecule has 1 aromatic carbocycles. The number of ether oxygens (including phenoxy) is 1. The van der Waals surface area contributed by atoms with E-state index in [0.717, 1.165) is 42.3 Å². The van der Waals surface area contributed by atoms with Crippen LogP contribution in [0, 0.1) is 0 Å². The van der Waals surface area contributed by atoms with Crippen LogP contribution < -0.4 is 4.90 Å². The highest BCUT2D eigenvalue weighted by atomic mass is 79.9. The van der Waals surface area contributed by atoms with Gasteiger partial charge < -0.3 is 14.1 Å². The summed E-state index contributed by atoms with van der Waals surface area (Å²) in [5.74, 6) is 1.50. The van der Waals surface area contributed by atoms with Gasteiger partial charge in [0.05, 0.1) is 34.6 Å². The Morgan fingerprint density at radius 3 is 2.76 bits per heavy atom. The Morgan fingerprint density at radius 1 is 1.24 bits per heavy atom. The minimum absolute atomic E-state index is 0.618. The van der Waals surface area contributed by atoms with Gasteiger partial charge in [-0.1, -0.05) is 23.7 Å². The highest BCUT2D eigenvalue weighted by molar-refractivity contribution is 9.10. The molecule has 2 aromatic rings. The minimum Gasteiger partial charge on any atom is -0.438 e. The van der Waals surface area contributed by atoms with Crippen molar-refractivity contribution in [1.82, 2.24) is 0 Å². The van der Waals surface area contributed by atoms with E-state index >= 15 is 0 Å². The van der Waals surface area contributed by atoms with Gasteiger partial charge in [0, 0.05) is 19.2 Å². The second-order valence-electron chi connectivity index (χ2n) is 4.61. The summed E-state index contributed by atoms with van der Waals surface area (Å²) in [7, 11) is 0. The highest BCUT2D eigenvalue weighted by Crippen LogP contribution is 2.31. The SMILES string of the molecule is Clc1ccccc1N=Cc1cc(Br)c(N2CCOCC2)o1. The fourth-order valence-corrected chi connectivity index (χ4v) is 2.85. The zero-order chi connectivity index (χ0) is 14.7. The number of anilines is 1. The predicted octanol–water partition coefficient (Wildman–Crippen LogP) is 4.28. The van der Waals surface area contributed by atoms with Crippen LogP contribution in [0.25, 0.3) is 0 Å². The molecule has 21 heavy (non-hydrogen) atoms. The largest absolute Gasteiger partial charge is 0.438 e. The van der Waals surface area contributed by atoms with E-state index in [9.17, 15) is 0 Å². The lowest BCUT2D eigenvalue weighted by Gasteiger charge is -2.26. The zero-order valence-corrected chi connectivity index (χ0v) is 13.6. The number of nitrogens with zero attached hydrogens (tertiary/aromatic N) is 2. The van der Waals surface area contributed by atoms with Crippen LogP contribution in [-0.2, 0) is 4.74 Å². The summed E-state index contributed by atoms with van der Waals surface area (Å²) in [6.07, 6.45) is 1.68. The van der Waals surface area contributed by atoms with Gasteiger partial charge in [-0.25, -0.2) is 0 Å². The first-order valence-electron chi connectivity index (χ1n) is 6.64. The summed E-state index contributed by atoms with van der Waals surface area (Å²) in [5.41, 5.74) is 0.722. The van der Waals surface area contributed by atoms with Crippen molar-refractivity contribution in [2.75, 3.05) is 31.2 Å². The van der Waals surface area contributed by atoms with Crippen molar-refractivity contribution in [2.24, 2.45) is 4.99 Å². The number of hydrogen-bond acceptors (Lipinski definition) is 4. The smallest absolute Gasteiger partial charge is 0.210 e. The predicted molar refractivity (Wildman–Crippen MR) is 88.1 cm³/mol. The third-order valence-electron chi connectivity index (χ3n) is 3.17. The van der Waals surface area contributed by atoms with Gasteiger partial charge >= 0.3 is 0 Å². The van der Waals surface area contributed by atoms with E-state index in [4.69, 9.17) is 20.8 Å². The molecule has 110 valence electrons. The number of para-hydroxylation sites is 1. The number of aliphatic imine (C=N–C) groups is 1. The minimum atomic E-state index is 0.618. The Bertz CT molecular complexity index is 651. The Hall–Kier alpha value is -1.30. The standard InChI is InChI=1S/C15H14BrClN2O2/c16-12-9-11(10-18-14-4-2-1-3-13(14)17)21-15(12)19-5-7-20-8-6-19/h1-4,9-10H,5-8H2. The van der Waals surface area contributed by atoms with Gasteiger partial charge in [-0.3, -0.25) is 4.99 Å². The molecule has 0 saturated carbocycles. The van der Waals surface area contributed by atoms with E-state index in [1.807, 2.05) is 30.3 Å². The summed E-state index contributed by atoms with van der Waals surface area (Å²) < 4.78 is 12.1. The molecule has 1 aliphatic heterocycles. The highest BCUT2D eigenvalue weighted by Gasteiger charge is 2.18. The zero-order valence-electron chi connectivity index (χ0n) is 11.3. The molecular weight excluding hydrogens is 356 g/mol. The van der Waals surface area contributed by atoms with E-state index in [-0.39, 0.29) is 0 Å². The van der Waals surface area contributed by atoms with Crippen molar-refractivity contribution < 1.29 is 9.15 Å². The van der Waals surface area contributed by atoms with Crippen LogP contribution in [0.4, 0.5) is 11.6 Å². The molecule has 1 saturated heterocycles. The van der Waals surface area contributed by atoms with Crippen molar-refractivity contribution in [2.45, 2.75) is 0 Å². The molecule has 0 amide bonds.